The molecule has 0 aliphatic carbocycles. The largest absolute Gasteiger partial charge is 0.368 e. The van der Waals surface area contributed by atoms with Gasteiger partial charge < -0.3 is 14.8 Å². The number of piperazine rings is 1. The number of halogens is 1. The highest BCUT2D eigenvalue weighted by molar-refractivity contribution is 7.89. The number of fused-ring (bicyclic) bond motifs is 1. The zero-order valence-electron chi connectivity index (χ0n) is 23.6. The lowest BCUT2D eigenvalue weighted by atomic mass is 10.1. The Kier molecular flexibility index (Phi) is 8.42. The number of non-ortho nitro benzene ring substituents is 1. The first-order chi connectivity index (χ1) is 21.3. The van der Waals surface area contributed by atoms with E-state index < -0.39 is 14.9 Å². The molecule has 5 aromatic rings. The monoisotopic (exact) mass is 632 g/mol. The van der Waals surface area contributed by atoms with Gasteiger partial charge in [0.2, 0.25) is 16.0 Å². The Morgan fingerprint density at radius 3 is 2.27 bits per heavy atom. The van der Waals surface area contributed by atoms with Crippen LogP contribution in [-0.4, -0.2) is 69.9 Å². The smallest absolute Gasteiger partial charge is 0.269 e. The lowest BCUT2D eigenvalue weighted by molar-refractivity contribution is -0.384. The van der Waals surface area contributed by atoms with Crippen molar-refractivity contribution in [3.05, 3.63) is 111 Å². The van der Waals surface area contributed by atoms with E-state index in [1.54, 1.807) is 30.6 Å². The minimum atomic E-state index is -3.67. The summed E-state index contributed by atoms with van der Waals surface area (Å²) in [5.74, 6) is 1.05. The topological polar surface area (TPSA) is 139 Å². The summed E-state index contributed by atoms with van der Waals surface area (Å²) in [4.78, 5) is 27.1. The number of anilines is 2. The van der Waals surface area contributed by atoms with Gasteiger partial charge in [-0.05, 0) is 41.8 Å². The Hall–Kier alpha value is -4.59. The summed E-state index contributed by atoms with van der Waals surface area (Å²) in [5.41, 5.74) is 3.28. The number of rotatable bonds is 10. The van der Waals surface area contributed by atoms with Crippen LogP contribution >= 0.6 is 11.6 Å². The van der Waals surface area contributed by atoms with Gasteiger partial charge in [-0.15, -0.1) is 0 Å². The lowest BCUT2D eigenvalue weighted by Crippen LogP contribution is -2.49. The molecule has 1 aliphatic rings. The zero-order valence-corrected chi connectivity index (χ0v) is 25.2. The van der Waals surface area contributed by atoms with Crippen molar-refractivity contribution in [2.75, 3.05) is 42.9 Å². The highest BCUT2D eigenvalue weighted by Gasteiger charge is 2.30. The van der Waals surface area contributed by atoms with Crippen molar-refractivity contribution in [2.45, 2.75) is 17.9 Å². The van der Waals surface area contributed by atoms with Gasteiger partial charge in [0.25, 0.3) is 5.69 Å². The number of nitrogens with one attached hydrogen (secondary N) is 1. The van der Waals surface area contributed by atoms with Crippen molar-refractivity contribution >= 4 is 50.2 Å². The molecule has 6 rings (SSSR count). The van der Waals surface area contributed by atoms with Crippen LogP contribution in [0.1, 0.15) is 11.1 Å². The quantitative estimate of drug-likeness (QED) is 0.173. The predicted octanol–water partition coefficient (Wildman–Crippen LogP) is 4.60. The molecule has 1 N–H and O–H groups in total. The standard InChI is InChI=1S/C30H29ClN8O4S/c31-24-8-12-26(13-9-24)44(42,43)38-18-16-36(17-19-38)30-34-28(32-15-14-22-4-2-1-3-5-22)27-29(35-30)37(21-33-27)20-23-6-10-25(11-7-23)39(40)41/h1-13,21H,14-20H2,(H,32,34,35). The summed E-state index contributed by atoms with van der Waals surface area (Å²) in [7, 11) is -3.67. The molecule has 0 radical (unpaired) electrons. The van der Waals surface area contributed by atoms with Crippen LogP contribution in [0.2, 0.25) is 5.02 Å². The number of hydrogen-bond donors (Lipinski definition) is 1. The molecule has 14 heteroatoms. The molecule has 2 aromatic heterocycles. The Balaban J connectivity index is 1.25. The number of nitro groups is 1. The molecule has 44 heavy (non-hydrogen) atoms. The second-order valence-electron chi connectivity index (χ2n) is 10.3. The first-order valence-corrected chi connectivity index (χ1v) is 15.8. The van der Waals surface area contributed by atoms with E-state index in [0.29, 0.717) is 54.1 Å². The van der Waals surface area contributed by atoms with Crippen LogP contribution in [0.3, 0.4) is 0 Å². The van der Waals surface area contributed by atoms with E-state index in [4.69, 9.17) is 21.6 Å². The van der Waals surface area contributed by atoms with Gasteiger partial charge in [0.15, 0.2) is 17.0 Å². The number of aromatic nitrogens is 4. The SMILES string of the molecule is O=[N+]([O-])c1ccc(Cn2cnc3c(NCCc4ccccc4)nc(N4CCN(S(=O)(=O)c5ccc(Cl)cc5)CC4)nc32)cc1. The highest BCUT2D eigenvalue weighted by atomic mass is 35.5. The summed E-state index contributed by atoms with van der Waals surface area (Å²) < 4.78 is 29.8. The van der Waals surface area contributed by atoms with E-state index in [2.05, 4.69) is 22.4 Å². The normalized spacial score (nSPS) is 14.2. The maximum absolute atomic E-state index is 13.2. The molecule has 3 aromatic carbocycles. The number of sulfonamides is 1. The molecule has 0 atom stereocenters. The van der Waals surface area contributed by atoms with Crippen molar-refractivity contribution < 1.29 is 13.3 Å². The van der Waals surface area contributed by atoms with Crippen LogP contribution in [0, 0.1) is 10.1 Å². The van der Waals surface area contributed by atoms with Crippen molar-refractivity contribution in [1.82, 2.24) is 23.8 Å². The Labute approximate surface area is 259 Å². The number of imidazole rings is 1. The zero-order chi connectivity index (χ0) is 30.7. The van der Waals surface area contributed by atoms with Crippen LogP contribution in [-0.2, 0) is 23.0 Å². The van der Waals surface area contributed by atoms with Crippen molar-refractivity contribution in [3.8, 4) is 0 Å². The summed E-state index contributed by atoms with van der Waals surface area (Å²) in [6, 6.07) is 22.7. The van der Waals surface area contributed by atoms with Gasteiger partial charge in [0.1, 0.15) is 0 Å². The number of nitrogens with zero attached hydrogens (tertiary/aromatic N) is 7. The van der Waals surface area contributed by atoms with E-state index in [1.165, 1.54) is 34.1 Å². The fraction of sp³-hybridized carbons (Fsp3) is 0.233. The molecule has 0 unspecified atom stereocenters. The average molecular weight is 633 g/mol. The first kappa shape index (κ1) is 29.5. The third-order valence-electron chi connectivity index (χ3n) is 7.47. The molecule has 0 spiro atoms. The van der Waals surface area contributed by atoms with Gasteiger partial charge in [-0.25, -0.2) is 13.4 Å². The van der Waals surface area contributed by atoms with Gasteiger partial charge >= 0.3 is 0 Å². The maximum atomic E-state index is 13.2. The van der Waals surface area contributed by atoms with E-state index in [1.807, 2.05) is 27.7 Å². The molecule has 12 nitrogen and oxygen atoms in total. The van der Waals surface area contributed by atoms with Crippen LogP contribution < -0.4 is 10.2 Å². The van der Waals surface area contributed by atoms with E-state index in [-0.39, 0.29) is 23.7 Å². The lowest BCUT2D eigenvalue weighted by Gasteiger charge is -2.34. The average Bonchev–Trinajstić information content (AvgIpc) is 3.44. The molecular formula is C30H29ClN8O4S. The number of hydrogen-bond acceptors (Lipinski definition) is 9. The minimum Gasteiger partial charge on any atom is -0.368 e. The van der Waals surface area contributed by atoms with E-state index in [9.17, 15) is 18.5 Å². The van der Waals surface area contributed by atoms with Crippen molar-refractivity contribution in [1.29, 1.82) is 0 Å². The first-order valence-electron chi connectivity index (χ1n) is 14.0. The molecule has 1 fully saturated rings. The van der Waals surface area contributed by atoms with Gasteiger partial charge in [-0.2, -0.15) is 14.3 Å². The van der Waals surface area contributed by atoms with Gasteiger partial charge in [0, 0.05) is 49.9 Å². The second-order valence-corrected chi connectivity index (χ2v) is 12.7. The maximum Gasteiger partial charge on any atom is 0.269 e. The highest BCUT2D eigenvalue weighted by Crippen LogP contribution is 2.26. The summed E-state index contributed by atoms with van der Waals surface area (Å²) in [6.45, 7) is 2.37. The van der Waals surface area contributed by atoms with Crippen molar-refractivity contribution in [3.63, 3.8) is 0 Å². The van der Waals surface area contributed by atoms with E-state index in [0.717, 1.165) is 12.0 Å². The fourth-order valence-corrected chi connectivity index (χ4v) is 6.64. The summed E-state index contributed by atoms with van der Waals surface area (Å²) >= 11 is 5.95. The van der Waals surface area contributed by atoms with Crippen LogP contribution in [0.15, 0.2) is 90.1 Å². The molecular weight excluding hydrogens is 604 g/mol. The van der Waals surface area contributed by atoms with Crippen molar-refractivity contribution in [2.24, 2.45) is 0 Å². The molecule has 3 heterocycles. The third-order valence-corrected chi connectivity index (χ3v) is 9.64. The Morgan fingerprint density at radius 1 is 0.886 bits per heavy atom. The number of benzene rings is 3. The predicted molar refractivity (Wildman–Crippen MR) is 169 cm³/mol. The molecule has 1 aliphatic heterocycles. The summed E-state index contributed by atoms with van der Waals surface area (Å²) in [5, 5.41) is 15.0. The van der Waals surface area contributed by atoms with Gasteiger partial charge in [0.05, 0.1) is 22.7 Å². The second kappa shape index (κ2) is 12.6. The molecule has 1 saturated heterocycles. The molecule has 0 saturated carbocycles. The number of nitro benzene ring substituents is 1. The molecule has 226 valence electrons. The fourth-order valence-electron chi connectivity index (χ4n) is 5.09. The third kappa shape index (κ3) is 6.34. The Morgan fingerprint density at radius 2 is 1.59 bits per heavy atom. The van der Waals surface area contributed by atoms with Crippen LogP contribution in [0.4, 0.5) is 17.5 Å². The van der Waals surface area contributed by atoms with E-state index >= 15 is 0 Å². The molecule has 0 amide bonds. The minimum absolute atomic E-state index is 0.0240. The summed E-state index contributed by atoms with van der Waals surface area (Å²) in [6.07, 6.45) is 2.47. The van der Waals surface area contributed by atoms with Crippen LogP contribution in [0.25, 0.3) is 11.2 Å². The Bertz CT molecular complexity index is 1880. The van der Waals surface area contributed by atoms with Crippen LogP contribution in [0.5, 0.6) is 0 Å². The van der Waals surface area contributed by atoms with Gasteiger partial charge in [-0.1, -0.05) is 54.1 Å². The molecule has 0 bridgehead atoms. The van der Waals surface area contributed by atoms with Gasteiger partial charge in [-0.3, -0.25) is 10.1 Å².